The Morgan fingerprint density at radius 1 is 0.941 bits per heavy atom. The summed E-state index contributed by atoms with van der Waals surface area (Å²) in [5, 5.41) is 3.51. The number of aryl methyl sites for hydroxylation is 1. The van der Waals surface area contributed by atoms with Crippen molar-refractivity contribution in [1.82, 2.24) is 4.90 Å². The van der Waals surface area contributed by atoms with Gasteiger partial charge in [0.25, 0.3) is 5.91 Å². The molecule has 1 amide bonds. The van der Waals surface area contributed by atoms with Crippen molar-refractivity contribution in [3.05, 3.63) is 94.0 Å². The molecule has 4 rings (SSSR count). The van der Waals surface area contributed by atoms with Gasteiger partial charge in [0, 0.05) is 43.3 Å². The van der Waals surface area contributed by atoms with Crippen LogP contribution in [-0.2, 0) is 11.3 Å². The Morgan fingerprint density at radius 3 is 2.32 bits per heavy atom. The first-order valence-corrected chi connectivity index (χ1v) is 11.6. The van der Waals surface area contributed by atoms with Gasteiger partial charge in [-0.3, -0.25) is 9.69 Å². The highest BCUT2D eigenvalue weighted by molar-refractivity contribution is 6.31. The smallest absolute Gasteiger partial charge is 0.337 e. The van der Waals surface area contributed by atoms with Crippen LogP contribution in [0.2, 0.25) is 5.02 Å². The third kappa shape index (κ3) is 5.58. The van der Waals surface area contributed by atoms with E-state index in [-0.39, 0.29) is 5.91 Å². The van der Waals surface area contributed by atoms with Gasteiger partial charge in [0.1, 0.15) is 0 Å². The molecule has 34 heavy (non-hydrogen) atoms. The molecule has 0 bridgehead atoms. The third-order valence-corrected chi connectivity index (χ3v) is 6.47. The Kier molecular flexibility index (Phi) is 7.50. The molecule has 0 aromatic heterocycles. The molecule has 1 aliphatic heterocycles. The Labute approximate surface area is 205 Å². The van der Waals surface area contributed by atoms with Gasteiger partial charge in [-0.2, -0.15) is 0 Å². The monoisotopic (exact) mass is 477 g/mol. The molecule has 0 unspecified atom stereocenters. The highest BCUT2D eigenvalue weighted by Crippen LogP contribution is 2.30. The molecule has 176 valence electrons. The molecule has 6 nitrogen and oxygen atoms in total. The van der Waals surface area contributed by atoms with Crippen LogP contribution in [0.5, 0.6) is 0 Å². The van der Waals surface area contributed by atoms with Gasteiger partial charge in [-0.25, -0.2) is 4.79 Å². The average Bonchev–Trinajstić information content (AvgIpc) is 2.86. The van der Waals surface area contributed by atoms with E-state index in [1.54, 1.807) is 24.3 Å². The molecule has 3 aromatic carbocycles. The molecule has 0 spiro atoms. The van der Waals surface area contributed by atoms with Gasteiger partial charge in [-0.05, 0) is 48.4 Å². The number of methoxy groups -OCH3 is 1. The Morgan fingerprint density at radius 2 is 1.65 bits per heavy atom. The van der Waals surface area contributed by atoms with Crippen LogP contribution in [-0.4, -0.2) is 50.1 Å². The molecule has 1 aliphatic rings. The van der Waals surface area contributed by atoms with E-state index in [1.165, 1.54) is 12.7 Å². The van der Waals surface area contributed by atoms with Crippen LogP contribution < -0.4 is 10.2 Å². The fourth-order valence-electron chi connectivity index (χ4n) is 4.07. The number of esters is 1. The fourth-order valence-corrected chi connectivity index (χ4v) is 4.25. The SMILES string of the molecule is COC(=O)c1ccc(N2CCN(Cc3ccccc3)CC2)c(NC(=O)c2ccc(C)c(Cl)c2)c1. The number of nitrogens with one attached hydrogen (secondary N) is 1. The molecule has 1 saturated heterocycles. The summed E-state index contributed by atoms with van der Waals surface area (Å²) in [4.78, 5) is 29.8. The van der Waals surface area contributed by atoms with Crippen LogP contribution in [0, 0.1) is 6.92 Å². The normalized spacial score (nSPS) is 14.0. The lowest BCUT2D eigenvalue weighted by molar-refractivity contribution is 0.0600. The molecule has 3 aromatic rings. The number of rotatable bonds is 6. The number of piperazine rings is 1. The van der Waals surface area contributed by atoms with Crippen molar-refractivity contribution in [1.29, 1.82) is 0 Å². The fraction of sp³-hybridized carbons (Fsp3) is 0.259. The van der Waals surface area contributed by atoms with Crippen molar-refractivity contribution in [3.8, 4) is 0 Å². The predicted octanol–water partition coefficient (Wildman–Crippen LogP) is 5.01. The summed E-state index contributed by atoms with van der Waals surface area (Å²) in [5.74, 6) is -0.735. The number of hydrogen-bond acceptors (Lipinski definition) is 5. The van der Waals surface area contributed by atoms with Crippen molar-refractivity contribution < 1.29 is 14.3 Å². The third-order valence-electron chi connectivity index (χ3n) is 6.06. The first-order chi connectivity index (χ1) is 16.4. The summed E-state index contributed by atoms with van der Waals surface area (Å²) in [7, 11) is 1.34. The molecular weight excluding hydrogens is 450 g/mol. The van der Waals surface area contributed by atoms with E-state index in [1.807, 2.05) is 25.1 Å². The summed E-state index contributed by atoms with van der Waals surface area (Å²) in [6, 6.07) is 20.9. The van der Waals surface area contributed by atoms with Gasteiger partial charge >= 0.3 is 5.97 Å². The van der Waals surface area contributed by atoms with E-state index in [2.05, 4.69) is 39.4 Å². The predicted molar refractivity (Wildman–Crippen MR) is 136 cm³/mol. The van der Waals surface area contributed by atoms with Crippen molar-refractivity contribution >= 4 is 34.9 Å². The quantitative estimate of drug-likeness (QED) is 0.506. The summed E-state index contributed by atoms with van der Waals surface area (Å²) < 4.78 is 4.88. The number of nitrogens with zero attached hydrogens (tertiary/aromatic N) is 2. The molecule has 1 heterocycles. The van der Waals surface area contributed by atoms with Crippen LogP contribution >= 0.6 is 11.6 Å². The van der Waals surface area contributed by atoms with Gasteiger partial charge in [-0.1, -0.05) is 48.0 Å². The van der Waals surface area contributed by atoms with E-state index in [0.717, 1.165) is 44.0 Å². The Hall–Kier alpha value is -3.35. The van der Waals surface area contributed by atoms with Crippen molar-refractivity contribution in [2.24, 2.45) is 0 Å². The van der Waals surface area contributed by atoms with E-state index < -0.39 is 5.97 Å². The molecule has 1 N–H and O–H groups in total. The highest BCUT2D eigenvalue weighted by atomic mass is 35.5. The van der Waals surface area contributed by atoms with E-state index in [9.17, 15) is 9.59 Å². The topological polar surface area (TPSA) is 61.9 Å². The van der Waals surface area contributed by atoms with Gasteiger partial charge < -0.3 is 15.0 Å². The first kappa shape index (κ1) is 23.8. The Balaban J connectivity index is 1.53. The number of hydrogen-bond donors (Lipinski definition) is 1. The minimum absolute atomic E-state index is 0.284. The van der Waals surface area contributed by atoms with Crippen molar-refractivity contribution in [2.45, 2.75) is 13.5 Å². The van der Waals surface area contributed by atoms with Crippen LogP contribution in [0.1, 0.15) is 31.8 Å². The summed E-state index contributed by atoms with van der Waals surface area (Å²) >= 11 is 6.22. The van der Waals surface area contributed by atoms with Gasteiger partial charge in [0.2, 0.25) is 0 Å². The maximum absolute atomic E-state index is 13.0. The second kappa shape index (κ2) is 10.7. The minimum atomic E-state index is -0.451. The highest BCUT2D eigenvalue weighted by Gasteiger charge is 2.22. The number of amides is 1. The van der Waals surface area contributed by atoms with Gasteiger partial charge in [0.05, 0.1) is 24.0 Å². The zero-order valence-electron chi connectivity index (χ0n) is 19.4. The molecule has 1 fully saturated rings. The van der Waals surface area contributed by atoms with Crippen molar-refractivity contribution in [3.63, 3.8) is 0 Å². The Bertz CT molecular complexity index is 1170. The minimum Gasteiger partial charge on any atom is -0.465 e. The average molecular weight is 478 g/mol. The van der Waals surface area contributed by atoms with E-state index in [4.69, 9.17) is 16.3 Å². The maximum Gasteiger partial charge on any atom is 0.337 e. The number of halogens is 1. The maximum atomic E-state index is 13.0. The molecule has 0 atom stereocenters. The lowest BCUT2D eigenvalue weighted by atomic mass is 10.1. The van der Waals surface area contributed by atoms with Crippen molar-refractivity contribution in [2.75, 3.05) is 43.5 Å². The molecule has 7 heteroatoms. The van der Waals surface area contributed by atoms with Crippen LogP contribution in [0.15, 0.2) is 66.7 Å². The van der Waals surface area contributed by atoms with Crippen LogP contribution in [0.4, 0.5) is 11.4 Å². The summed E-state index contributed by atoms with van der Waals surface area (Å²) in [6.45, 7) is 6.21. The molecule has 0 saturated carbocycles. The van der Waals surface area contributed by atoms with E-state index >= 15 is 0 Å². The zero-order valence-corrected chi connectivity index (χ0v) is 20.1. The van der Waals surface area contributed by atoms with Gasteiger partial charge in [0.15, 0.2) is 0 Å². The largest absolute Gasteiger partial charge is 0.465 e. The number of carbonyl (C=O) groups is 2. The van der Waals surface area contributed by atoms with Gasteiger partial charge in [-0.15, -0.1) is 0 Å². The lowest BCUT2D eigenvalue weighted by Gasteiger charge is -2.37. The number of carbonyl (C=O) groups excluding carboxylic acids is 2. The lowest BCUT2D eigenvalue weighted by Crippen LogP contribution is -2.46. The summed E-state index contributed by atoms with van der Waals surface area (Å²) in [6.07, 6.45) is 0. The number of ether oxygens (including phenoxy) is 1. The number of benzene rings is 3. The molecular formula is C27H28ClN3O3. The summed E-state index contributed by atoms with van der Waals surface area (Å²) in [5.41, 5.74) is 4.48. The first-order valence-electron chi connectivity index (χ1n) is 11.3. The number of anilines is 2. The standard InChI is InChI=1S/C27H28ClN3O3/c1-19-8-9-21(16-23(19)28)26(32)29-24-17-22(27(33)34-2)10-11-25(24)31-14-12-30(13-15-31)18-20-6-4-3-5-7-20/h3-11,16-17H,12-15,18H2,1-2H3,(H,29,32). The second-order valence-electron chi connectivity index (χ2n) is 8.39. The zero-order chi connectivity index (χ0) is 24.1. The second-order valence-corrected chi connectivity index (χ2v) is 8.80. The van der Waals surface area contributed by atoms with Crippen LogP contribution in [0.3, 0.4) is 0 Å². The van der Waals surface area contributed by atoms with E-state index in [0.29, 0.717) is 21.8 Å². The van der Waals surface area contributed by atoms with Crippen LogP contribution in [0.25, 0.3) is 0 Å². The molecule has 0 aliphatic carbocycles. The molecule has 0 radical (unpaired) electrons.